The van der Waals surface area contributed by atoms with Crippen LogP contribution in [-0.4, -0.2) is 21.3 Å². The molecule has 0 heterocycles. The highest BCUT2D eigenvalue weighted by Crippen LogP contribution is 2.51. The molecule has 32 heavy (non-hydrogen) atoms. The number of ether oxygens (including phenoxy) is 3. The first-order valence-electron chi connectivity index (χ1n) is 9.96. The number of hydrogen-bond donors (Lipinski definition) is 0. The van der Waals surface area contributed by atoms with E-state index in [1.165, 1.54) is 0 Å². The molecule has 0 aliphatic rings. The van der Waals surface area contributed by atoms with Crippen LogP contribution in [0.25, 0.3) is 0 Å². The summed E-state index contributed by atoms with van der Waals surface area (Å²) in [5, 5.41) is 0. The van der Waals surface area contributed by atoms with E-state index in [9.17, 15) is 4.57 Å². The molecule has 0 saturated carbocycles. The first-order valence-corrected chi connectivity index (χ1v) is 11.4. The third-order valence-corrected chi connectivity index (χ3v) is 5.98. The van der Waals surface area contributed by atoms with Gasteiger partial charge in [0.2, 0.25) is 0 Å². The maximum Gasteiger partial charge on any atom is 0.475 e. The Labute approximate surface area is 188 Å². The van der Waals surface area contributed by atoms with Crippen molar-refractivity contribution < 1.29 is 32.3 Å². The number of benzene rings is 3. The highest BCUT2D eigenvalue weighted by molar-refractivity contribution is 7.48. The van der Waals surface area contributed by atoms with Gasteiger partial charge in [-0.1, -0.05) is 36.4 Å². The maximum atomic E-state index is 13.4. The zero-order valence-electron chi connectivity index (χ0n) is 18.4. The number of phosphoric acid groups is 1. The molecule has 0 fully saturated rings. The van der Waals surface area contributed by atoms with Crippen molar-refractivity contribution in [2.75, 3.05) is 21.3 Å². The molecule has 0 N–H and O–H groups in total. The van der Waals surface area contributed by atoms with E-state index in [2.05, 4.69) is 0 Å². The molecule has 0 bridgehead atoms. The molecule has 0 amide bonds. The van der Waals surface area contributed by atoms with Gasteiger partial charge in [-0.05, 0) is 53.1 Å². The quantitative estimate of drug-likeness (QED) is 0.319. The molecular weight excluding hydrogens is 431 g/mol. The van der Waals surface area contributed by atoms with Crippen molar-refractivity contribution in [3.8, 4) is 17.2 Å². The third-order valence-electron chi connectivity index (χ3n) is 4.65. The number of methoxy groups -OCH3 is 3. The second kappa shape index (κ2) is 11.7. The van der Waals surface area contributed by atoms with Crippen LogP contribution in [0.15, 0.2) is 72.8 Å². The summed E-state index contributed by atoms with van der Waals surface area (Å²) >= 11 is 0. The molecule has 0 aliphatic heterocycles. The average molecular weight is 458 g/mol. The summed E-state index contributed by atoms with van der Waals surface area (Å²) in [6, 6.07) is 21.8. The van der Waals surface area contributed by atoms with Gasteiger partial charge in [-0.2, -0.15) is 0 Å². The van der Waals surface area contributed by atoms with Crippen molar-refractivity contribution in [1.82, 2.24) is 0 Å². The SMILES string of the molecule is COc1ccc(COP(=O)(OCc2ccc(OC)cc2)OCc2ccc(OC)cc2)cc1. The second-order valence-electron chi connectivity index (χ2n) is 6.81. The van der Waals surface area contributed by atoms with Crippen LogP contribution in [0.5, 0.6) is 17.2 Å². The highest BCUT2D eigenvalue weighted by atomic mass is 31.2. The van der Waals surface area contributed by atoms with Crippen LogP contribution in [0.4, 0.5) is 0 Å². The monoisotopic (exact) mass is 458 g/mol. The standard InChI is InChI=1S/C24H27O7P/c1-26-22-10-4-19(5-11-22)16-29-32(25,30-17-20-6-12-23(27-2)13-7-20)31-18-21-8-14-24(28-3)15-9-21/h4-15H,16-18H2,1-3H3. The van der Waals surface area contributed by atoms with Crippen LogP contribution in [0.1, 0.15) is 16.7 Å². The van der Waals surface area contributed by atoms with E-state index in [4.69, 9.17) is 27.8 Å². The Hall–Kier alpha value is -2.83. The summed E-state index contributed by atoms with van der Waals surface area (Å²) in [7, 11) is 0.925. The fourth-order valence-corrected chi connectivity index (χ4v) is 3.88. The summed E-state index contributed by atoms with van der Waals surface area (Å²) in [6.45, 7) is 0.186. The van der Waals surface area contributed by atoms with Gasteiger partial charge in [-0.25, -0.2) is 4.57 Å². The number of rotatable bonds is 12. The molecule has 0 spiro atoms. The fraction of sp³-hybridized carbons (Fsp3) is 0.250. The van der Waals surface area contributed by atoms with E-state index in [0.29, 0.717) is 0 Å². The Morgan fingerprint density at radius 3 is 0.969 bits per heavy atom. The molecule has 170 valence electrons. The van der Waals surface area contributed by atoms with Crippen LogP contribution < -0.4 is 14.2 Å². The van der Waals surface area contributed by atoms with Gasteiger partial charge in [0, 0.05) is 0 Å². The number of hydrogen-bond acceptors (Lipinski definition) is 7. The zero-order chi connectivity index (χ0) is 22.8. The van der Waals surface area contributed by atoms with E-state index in [1.54, 1.807) is 57.7 Å². The van der Waals surface area contributed by atoms with E-state index < -0.39 is 7.82 Å². The van der Waals surface area contributed by atoms with Crippen molar-refractivity contribution in [3.05, 3.63) is 89.5 Å². The number of phosphoric ester groups is 1. The smallest absolute Gasteiger partial charge is 0.475 e. The predicted octanol–water partition coefficient (Wildman–Crippen LogP) is 5.77. The van der Waals surface area contributed by atoms with E-state index in [-0.39, 0.29) is 19.8 Å². The van der Waals surface area contributed by atoms with Gasteiger partial charge in [0.25, 0.3) is 0 Å². The van der Waals surface area contributed by atoms with E-state index >= 15 is 0 Å². The topological polar surface area (TPSA) is 72.5 Å². The molecule has 0 saturated heterocycles. The van der Waals surface area contributed by atoms with E-state index in [1.807, 2.05) is 36.4 Å². The van der Waals surface area contributed by atoms with Crippen LogP contribution in [0.3, 0.4) is 0 Å². The Kier molecular flexibility index (Phi) is 8.71. The molecular formula is C24H27O7P. The molecule has 0 aliphatic carbocycles. The Bertz CT molecular complexity index is 870. The van der Waals surface area contributed by atoms with Crippen molar-refractivity contribution >= 4 is 7.82 Å². The van der Waals surface area contributed by atoms with Crippen LogP contribution >= 0.6 is 7.82 Å². The first kappa shape index (κ1) is 23.8. The fourth-order valence-electron chi connectivity index (χ4n) is 2.74. The maximum absolute atomic E-state index is 13.4. The predicted molar refractivity (Wildman–Crippen MR) is 121 cm³/mol. The average Bonchev–Trinajstić information content (AvgIpc) is 2.86. The lowest BCUT2D eigenvalue weighted by molar-refractivity contribution is 0.0978. The van der Waals surface area contributed by atoms with Gasteiger partial charge in [0.05, 0.1) is 41.2 Å². The van der Waals surface area contributed by atoms with Crippen molar-refractivity contribution in [1.29, 1.82) is 0 Å². The molecule has 8 heteroatoms. The van der Waals surface area contributed by atoms with Gasteiger partial charge in [-0.3, -0.25) is 13.6 Å². The molecule has 7 nitrogen and oxygen atoms in total. The van der Waals surface area contributed by atoms with Crippen LogP contribution in [0.2, 0.25) is 0 Å². The lowest BCUT2D eigenvalue weighted by Crippen LogP contribution is -2.02. The lowest BCUT2D eigenvalue weighted by atomic mass is 10.2. The normalized spacial score (nSPS) is 11.2. The summed E-state index contributed by atoms with van der Waals surface area (Å²) in [6.07, 6.45) is 0. The minimum Gasteiger partial charge on any atom is -0.497 e. The molecule has 3 aromatic carbocycles. The molecule has 0 radical (unpaired) electrons. The largest absolute Gasteiger partial charge is 0.497 e. The molecule has 3 aromatic rings. The Balaban J connectivity index is 1.67. The van der Waals surface area contributed by atoms with Gasteiger partial charge in [0.15, 0.2) is 0 Å². The summed E-state index contributed by atoms with van der Waals surface area (Å²) in [4.78, 5) is 0. The third kappa shape index (κ3) is 7.11. The first-order chi connectivity index (χ1) is 15.5. The minimum atomic E-state index is -3.87. The summed E-state index contributed by atoms with van der Waals surface area (Å²) in [5.74, 6) is 2.18. The van der Waals surface area contributed by atoms with Gasteiger partial charge >= 0.3 is 7.82 Å². The highest BCUT2D eigenvalue weighted by Gasteiger charge is 2.27. The van der Waals surface area contributed by atoms with Crippen molar-refractivity contribution in [2.45, 2.75) is 19.8 Å². The van der Waals surface area contributed by atoms with Gasteiger partial charge < -0.3 is 14.2 Å². The summed E-state index contributed by atoms with van der Waals surface area (Å²) in [5.41, 5.74) is 2.44. The summed E-state index contributed by atoms with van der Waals surface area (Å²) < 4.78 is 45.8. The molecule has 3 rings (SSSR count). The Morgan fingerprint density at radius 2 is 0.750 bits per heavy atom. The van der Waals surface area contributed by atoms with Gasteiger partial charge in [0.1, 0.15) is 17.2 Å². The van der Waals surface area contributed by atoms with Crippen molar-refractivity contribution in [2.24, 2.45) is 0 Å². The van der Waals surface area contributed by atoms with Gasteiger partial charge in [-0.15, -0.1) is 0 Å². The molecule has 0 aromatic heterocycles. The minimum absolute atomic E-state index is 0.0620. The molecule has 0 atom stereocenters. The zero-order valence-corrected chi connectivity index (χ0v) is 19.2. The van der Waals surface area contributed by atoms with Crippen molar-refractivity contribution in [3.63, 3.8) is 0 Å². The second-order valence-corrected chi connectivity index (χ2v) is 8.48. The molecule has 0 unspecified atom stereocenters. The Morgan fingerprint density at radius 1 is 0.500 bits per heavy atom. The van der Waals surface area contributed by atoms with Crippen LogP contribution in [-0.2, 0) is 38.0 Å². The van der Waals surface area contributed by atoms with E-state index in [0.717, 1.165) is 33.9 Å². The van der Waals surface area contributed by atoms with Crippen LogP contribution in [0, 0.1) is 0 Å². The lowest BCUT2D eigenvalue weighted by Gasteiger charge is -2.18.